The predicted molar refractivity (Wildman–Crippen MR) is 159 cm³/mol. The molecule has 0 radical (unpaired) electrons. The largest absolute Gasteiger partial charge is 0.466 e. The van der Waals surface area contributed by atoms with Crippen LogP contribution in [0.3, 0.4) is 0 Å². The normalized spacial score (nSPS) is 12.6. The number of anilines is 1. The van der Waals surface area contributed by atoms with Crippen LogP contribution in [-0.4, -0.2) is 58.4 Å². The van der Waals surface area contributed by atoms with Crippen molar-refractivity contribution in [2.24, 2.45) is 0 Å². The first kappa shape index (κ1) is 31.5. The number of carbonyl (C=O) groups is 2. The van der Waals surface area contributed by atoms with Gasteiger partial charge in [0.15, 0.2) is 0 Å². The minimum Gasteiger partial charge on any atom is -0.466 e. The molecule has 9 nitrogen and oxygen atoms in total. The van der Waals surface area contributed by atoms with Crippen LogP contribution >= 0.6 is 0 Å². The Bertz CT molecular complexity index is 1440. The van der Waals surface area contributed by atoms with Gasteiger partial charge in [0.25, 0.3) is 0 Å². The van der Waals surface area contributed by atoms with Crippen LogP contribution in [0.2, 0.25) is 0 Å². The highest BCUT2D eigenvalue weighted by molar-refractivity contribution is 7.92. The van der Waals surface area contributed by atoms with Gasteiger partial charge in [0.2, 0.25) is 10.0 Å². The maximum atomic E-state index is 12.9. The third kappa shape index (κ3) is 8.47. The number of ether oxygens (including phenoxy) is 3. The predicted octanol–water partition coefficient (Wildman–Crippen LogP) is 5.74. The first-order valence-corrected chi connectivity index (χ1v) is 15.2. The highest BCUT2D eigenvalue weighted by Crippen LogP contribution is 2.33. The SMILES string of the molecule is CCOC(=O)C(C)c1cccc(Oc2ccc(N(C)S(C)(=O)=O)cc2CN(C(=O)OC)[C@@H](C)Cc2ccccc2)c1. The minimum absolute atomic E-state index is 0.0976. The average molecular weight is 583 g/mol. The molecule has 0 spiro atoms. The van der Waals surface area contributed by atoms with Crippen molar-refractivity contribution in [3.05, 3.63) is 89.5 Å². The lowest BCUT2D eigenvalue weighted by Crippen LogP contribution is -2.39. The number of hydrogen-bond donors (Lipinski definition) is 0. The Hall–Kier alpha value is -4.05. The maximum absolute atomic E-state index is 12.9. The first-order valence-electron chi connectivity index (χ1n) is 13.3. The molecule has 1 unspecified atom stereocenters. The molecule has 3 aromatic carbocycles. The lowest BCUT2D eigenvalue weighted by Gasteiger charge is -2.29. The van der Waals surface area contributed by atoms with Crippen LogP contribution in [0.15, 0.2) is 72.8 Å². The summed E-state index contributed by atoms with van der Waals surface area (Å²) in [7, 11) is -0.746. The molecule has 3 aromatic rings. The number of amides is 1. The molecular weight excluding hydrogens is 544 g/mol. The van der Waals surface area contributed by atoms with Gasteiger partial charge in [0.05, 0.1) is 38.1 Å². The van der Waals surface area contributed by atoms with E-state index in [0.29, 0.717) is 29.2 Å². The fourth-order valence-corrected chi connectivity index (χ4v) is 4.82. The van der Waals surface area contributed by atoms with Gasteiger partial charge in [-0.1, -0.05) is 42.5 Å². The van der Waals surface area contributed by atoms with Gasteiger partial charge in [-0.05, 0) is 68.7 Å². The van der Waals surface area contributed by atoms with E-state index >= 15 is 0 Å². The lowest BCUT2D eigenvalue weighted by molar-refractivity contribution is -0.144. The van der Waals surface area contributed by atoms with Crippen molar-refractivity contribution < 1.29 is 32.2 Å². The van der Waals surface area contributed by atoms with E-state index in [9.17, 15) is 18.0 Å². The monoisotopic (exact) mass is 582 g/mol. The zero-order valence-electron chi connectivity index (χ0n) is 24.4. The summed E-state index contributed by atoms with van der Waals surface area (Å²) in [6.45, 7) is 5.84. The Labute approximate surface area is 242 Å². The molecule has 0 N–H and O–H groups in total. The molecule has 0 aromatic heterocycles. The molecule has 0 bridgehead atoms. The molecule has 220 valence electrons. The highest BCUT2D eigenvalue weighted by atomic mass is 32.2. The summed E-state index contributed by atoms with van der Waals surface area (Å²) in [4.78, 5) is 26.8. The number of hydrogen-bond acceptors (Lipinski definition) is 7. The number of benzene rings is 3. The highest BCUT2D eigenvalue weighted by Gasteiger charge is 2.25. The Morgan fingerprint density at radius 2 is 1.66 bits per heavy atom. The molecule has 3 rings (SSSR count). The molecule has 0 aliphatic heterocycles. The molecule has 0 fully saturated rings. The topological polar surface area (TPSA) is 102 Å². The van der Waals surface area contributed by atoms with Gasteiger partial charge in [0, 0.05) is 18.7 Å². The van der Waals surface area contributed by atoms with E-state index in [1.165, 1.54) is 14.2 Å². The number of nitrogens with zero attached hydrogens (tertiary/aromatic N) is 2. The lowest BCUT2D eigenvalue weighted by atomic mass is 10.0. The summed E-state index contributed by atoms with van der Waals surface area (Å²) in [5.41, 5.74) is 2.78. The zero-order valence-corrected chi connectivity index (χ0v) is 25.2. The molecule has 2 atom stereocenters. The summed E-state index contributed by atoms with van der Waals surface area (Å²) in [5.74, 6) is 0.0838. The third-order valence-corrected chi connectivity index (χ3v) is 7.99. The first-order chi connectivity index (χ1) is 19.4. The molecular formula is C31H38N2O7S. The van der Waals surface area contributed by atoms with Crippen molar-refractivity contribution in [3.8, 4) is 11.5 Å². The minimum atomic E-state index is -3.54. The van der Waals surface area contributed by atoms with E-state index in [1.807, 2.05) is 43.3 Å². The fraction of sp³-hybridized carbons (Fsp3) is 0.355. The fourth-order valence-electron chi connectivity index (χ4n) is 4.32. The molecule has 0 heterocycles. The summed E-state index contributed by atoms with van der Waals surface area (Å²) in [5, 5.41) is 0. The summed E-state index contributed by atoms with van der Waals surface area (Å²) in [6, 6.07) is 21.7. The second-order valence-electron chi connectivity index (χ2n) is 9.81. The van der Waals surface area contributed by atoms with Crippen molar-refractivity contribution in [1.82, 2.24) is 4.90 Å². The molecule has 41 heavy (non-hydrogen) atoms. The zero-order chi connectivity index (χ0) is 30.2. The van der Waals surface area contributed by atoms with Gasteiger partial charge in [-0.3, -0.25) is 9.10 Å². The van der Waals surface area contributed by atoms with Crippen molar-refractivity contribution in [3.63, 3.8) is 0 Å². The third-order valence-electron chi connectivity index (χ3n) is 6.79. The van der Waals surface area contributed by atoms with Crippen molar-refractivity contribution >= 4 is 27.8 Å². The van der Waals surface area contributed by atoms with Crippen LogP contribution in [-0.2, 0) is 37.3 Å². The maximum Gasteiger partial charge on any atom is 0.410 e. The van der Waals surface area contributed by atoms with Gasteiger partial charge in [-0.2, -0.15) is 0 Å². The molecule has 0 saturated carbocycles. The van der Waals surface area contributed by atoms with Crippen LogP contribution in [0.4, 0.5) is 10.5 Å². The van der Waals surface area contributed by atoms with E-state index in [1.54, 1.807) is 55.1 Å². The molecule has 1 amide bonds. The van der Waals surface area contributed by atoms with E-state index in [2.05, 4.69) is 0 Å². The van der Waals surface area contributed by atoms with Crippen LogP contribution < -0.4 is 9.04 Å². The Morgan fingerprint density at radius 1 is 0.951 bits per heavy atom. The van der Waals surface area contributed by atoms with Gasteiger partial charge in [-0.15, -0.1) is 0 Å². The van der Waals surface area contributed by atoms with Crippen molar-refractivity contribution in [1.29, 1.82) is 0 Å². The average Bonchev–Trinajstić information content (AvgIpc) is 2.95. The number of sulfonamides is 1. The van der Waals surface area contributed by atoms with Crippen molar-refractivity contribution in [2.75, 3.05) is 31.3 Å². The van der Waals surface area contributed by atoms with Crippen molar-refractivity contribution in [2.45, 2.75) is 45.7 Å². The second kappa shape index (κ2) is 14.0. The standard InChI is InChI=1S/C31H38N2O7S/c1-7-39-30(34)23(3)25-14-11-15-28(20-25)40-29-17-16-27(32(4)41(6,36)37)19-26(29)21-33(31(35)38-5)22(2)18-24-12-9-8-10-13-24/h8-17,19-20,22-23H,7,18,21H2,1-6H3/t22-,23?/m0/s1. The Balaban J connectivity index is 2.00. The number of carbonyl (C=O) groups excluding carboxylic acids is 2. The van der Waals surface area contributed by atoms with Crippen LogP contribution in [0.5, 0.6) is 11.5 Å². The number of rotatable bonds is 12. The number of methoxy groups -OCH3 is 1. The summed E-state index contributed by atoms with van der Waals surface area (Å²) in [6.07, 6.45) is 1.19. The smallest absolute Gasteiger partial charge is 0.410 e. The molecule has 0 aliphatic rings. The molecule has 0 aliphatic carbocycles. The summed E-state index contributed by atoms with van der Waals surface area (Å²) < 4.78 is 42.3. The van der Waals surface area contributed by atoms with E-state index in [0.717, 1.165) is 21.7 Å². The van der Waals surface area contributed by atoms with Crippen LogP contribution in [0, 0.1) is 0 Å². The van der Waals surface area contributed by atoms with Crippen LogP contribution in [0.1, 0.15) is 43.4 Å². The molecule has 0 saturated heterocycles. The van der Waals surface area contributed by atoms with E-state index in [-0.39, 0.29) is 25.2 Å². The summed E-state index contributed by atoms with van der Waals surface area (Å²) >= 11 is 0. The van der Waals surface area contributed by atoms with Crippen LogP contribution in [0.25, 0.3) is 0 Å². The second-order valence-corrected chi connectivity index (χ2v) is 11.8. The Kier molecular flexibility index (Phi) is 10.8. The van der Waals surface area contributed by atoms with E-state index in [4.69, 9.17) is 14.2 Å². The van der Waals surface area contributed by atoms with Gasteiger partial charge < -0.3 is 19.1 Å². The van der Waals surface area contributed by atoms with Gasteiger partial charge in [-0.25, -0.2) is 13.2 Å². The van der Waals surface area contributed by atoms with Gasteiger partial charge in [0.1, 0.15) is 11.5 Å². The number of esters is 1. The molecule has 10 heteroatoms. The van der Waals surface area contributed by atoms with E-state index < -0.39 is 22.0 Å². The quantitative estimate of drug-likeness (QED) is 0.251. The van der Waals surface area contributed by atoms with Gasteiger partial charge >= 0.3 is 12.1 Å². The Morgan fingerprint density at radius 3 is 2.29 bits per heavy atom.